The first-order valence-corrected chi connectivity index (χ1v) is 12.3. The number of aliphatic hydroxyl groups excluding tert-OH is 1. The van der Waals surface area contributed by atoms with E-state index in [2.05, 4.69) is 6.58 Å². The van der Waals surface area contributed by atoms with Gasteiger partial charge in [0.25, 0.3) is 0 Å². The smallest absolute Gasteiger partial charge is 0.365 e. The van der Waals surface area contributed by atoms with Gasteiger partial charge in [0.2, 0.25) is 0 Å². The van der Waals surface area contributed by atoms with Crippen molar-refractivity contribution in [3.63, 3.8) is 0 Å². The van der Waals surface area contributed by atoms with Gasteiger partial charge in [-0.1, -0.05) is 5.70 Å². The highest BCUT2D eigenvalue weighted by Gasteiger charge is 2.27. The third-order valence-corrected chi connectivity index (χ3v) is 6.72. The van der Waals surface area contributed by atoms with Crippen LogP contribution in [0.1, 0.15) is 6.42 Å². The molecule has 0 aromatic rings. The zero-order valence-electron chi connectivity index (χ0n) is 9.80. The van der Waals surface area contributed by atoms with Crippen LogP contribution < -0.4 is 0 Å². The molecule has 0 aromatic heterocycles. The summed E-state index contributed by atoms with van der Waals surface area (Å²) >= 11 is 15.8. The molecule has 0 aliphatic rings. The summed E-state index contributed by atoms with van der Waals surface area (Å²) in [6.45, 7) is 5.50. The first kappa shape index (κ1) is 19.3. The lowest BCUT2D eigenvalue weighted by atomic mass is 10.5. The molecule has 0 bridgehead atoms. The molecular formula is C8H19Cl3O3Si2. The minimum Gasteiger partial charge on any atom is -0.398 e. The normalized spacial score (nSPS) is 11.7. The molecule has 0 aliphatic heterocycles. The van der Waals surface area contributed by atoms with Gasteiger partial charge in [-0.15, -0.1) is 39.8 Å². The van der Waals surface area contributed by atoms with E-state index >= 15 is 0 Å². The molecule has 1 N–H and O–H groups in total. The highest BCUT2D eigenvalue weighted by atomic mass is 35.8. The van der Waals surface area contributed by atoms with E-state index in [9.17, 15) is 0 Å². The van der Waals surface area contributed by atoms with Crippen molar-refractivity contribution in [1.29, 1.82) is 0 Å². The summed E-state index contributed by atoms with van der Waals surface area (Å²) in [5.74, 6) is 0. The zero-order chi connectivity index (χ0) is 13.2. The van der Waals surface area contributed by atoms with Crippen LogP contribution in [0.5, 0.6) is 0 Å². The standard InChI is InChI=1S/C6H16O3Si.C2H3Cl3Si/c1-8-10(3,9-2)6-4-5-7;1-2-6(3,4)5/h7H,4-6H2,1-3H3;2H,1H2. The van der Waals surface area contributed by atoms with Gasteiger partial charge in [-0.05, 0) is 19.0 Å². The fourth-order valence-electron chi connectivity index (χ4n) is 0.688. The van der Waals surface area contributed by atoms with Gasteiger partial charge in [0, 0.05) is 20.8 Å². The first-order chi connectivity index (χ1) is 7.24. The molecule has 0 spiro atoms. The number of hydrogen-bond acceptors (Lipinski definition) is 3. The van der Waals surface area contributed by atoms with E-state index in [1.54, 1.807) is 14.2 Å². The second kappa shape index (κ2) is 9.90. The van der Waals surface area contributed by atoms with Crippen LogP contribution in [0, 0.1) is 0 Å². The second-order valence-electron chi connectivity index (χ2n) is 3.11. The number of halogens is 3. The molecule has 0 fully saturated rings. The third kappa shape index (κ3) is 13.0. The van der Waals surface area contributed by atoms with Crippen LogP contribution in [0.3, 0.4) is 0 Å². The van der Waals surface area contributed by atoms with Crippen molar-refractivity contribution in [2.45, 2.75) is 19.0 Å². The lowest BCUT2D eigenvalue weighted by Gasteiger charge is -2.21. The minimum absolute atomic E-state index is 0.218. The second-order valence-corrected chi connectivity index (χ2v) is 15.3. The van der Waals surface area contributed by atoms with Crippen LogP contribution in [0.4, 0.5) is 0 Å². The van der Waals surface area contributed by atoms with Crippen molar-refractivity contribution in [1.82, 2.24) is 0 Å². The lowest BCUT2D eigenvalue weighted by Crippen LogP contribution is -2.35. The average molecular weight is 326 g/mol. The summed E-state index contributed by atoms with van der Waals surface area (Å²) in [5, 5.41) is 8.53. The van der Waals surface area contributed by atoms with Crippen molar-refractivity contribution in [2.24, 2.45) is 0 Å². The Labute approximate surface area is 114 Å². The highest BCUT2D eigenvalue weighted by molar-refractivity contribution is 7.66. The van der Waals surface area contributed by atoms with Crippen molar-refractivity contribution in [3.8, 4) is 0 Å². The molecule has 0 radical (unpaired) electrons. The minimum atomic E-state index is -2.45. The number of hydrogen-bond donors (Lipinski definition) is 1. The Morgan fingerprint density at radius 2 is 1.62 bits per heavy atom. The topological polar surface area (TPSA) is 38.7 Å². The summed E-state index contributed by atoms with van der Waals surface area (Å²) in [6, 6.07) is -1.59. The maximum absolute atomic E-state index is 8.53. The largest absolute Gasteiger partial charge is 0.398 e. The summed E-state index contributed by atoms with van der Waals surface area (Å²) in [5.41, 5.74) is 1.37. The van der Waals surface area contributed by atoms with Gasteiger partial charge in [-0.3, -0.25) is 0 Å². The number of aliphatic hydroxyl groups is 1. The van der Waals surface area contributed by atoms with Gasteiger partial charge < -0.3 is 14.0 Å². The van der Waals surface area contributed by atoms with Gasteiger partial charge in [-0.25, -0.2) is 0 Å². The predicted octanol–water partition coefficient (Wildman–Crippen LogP) is 3.10. The van der Waals surface area contributed by atoms with Gasteiger partial charge in [0.1, 0.15) is 0 Å². The molecule has 8 heteroatoms. The molecule has 0 aliphatic carbocycles. The monoisotopic (exact) mass is 324 g/mol. The van der Waals surface area contributed by atoms with Crippen LogP contribution in [0.2, 0.25) is 12.6 Å². The zero-order valence-corrected chi connectivity index (χ0v) is 14.1. The molecule has 98 valence electrons. The predicted molar refractivity (Wildman–Crippen MR) is 75.7 cm³/mol. The molecule has 0 rings (SSSR count). The van der Waals surface area contributed by atoms with E-state index in [1.807, 2.05) is 6.55 Å². The van der Waals surface area contributed by atoms with E-state index in [0.29, 0.717) is 0 Å². The van der Waals surface area contributed by atoms with E-state index in [-0.39, 0.29) is 6.61 Å². The fourth-order valence-corrected chi connectivity index (χ4v) is 2.06. The van der Waals surface area contributed by atoms with E-state index in [0.717, 1.165) is 12.5 Å². The first-order valence-electron chi connectivity index (χ1n) is 4.66. The maximum atomic E-state index is 8.53. The van der Waals surface area contributed by atoms with Crippen molar-refractivity contribution >= 4 is 47.8 Å². The summed E-state index contributed by atoms with van der Waals surface area (Å²) in [4.78, 5) is 0. The Morgan fingerprint density at radius 1 is 1.25 bits per heavy atom. The van der Waals surface area contributed by atoms with Gasteiger partial charge in [0.15, 0.2) is 0 Å². The highest BCUT2D eigenvalue weighted by Crippen LogP contribution is 2.19. The molecule has 0 aromatic carbocycles. The maximum Gasteiger partial charge on any atom is 0.365 e. The van der Waals surface area contributed by atoms with Crippen molar-refractivity contribution in [3.05, 3.63) is 12.3 Å². The molecule has 0 saturated heterocycles. The average Bonchev–Trinajstić information content (AvgIpc) is 2.26. The Hall–Kier alpha value is 0.924. The van der Waals surface area contributed by atoms with Crippen molar-refractivity contribution in [2.75, 3.05) is 20.8 Å². The molecular weight excluding hydrogens is 307 g/mol. The summed E-state index contributed by atoms with van der Waals surface area (Å²) < 4.78 is 10.4. The van der Waals surface area contributed by atoms with Gasteiger partial charge >= 0.3 is 14.6 Å². The van der Waals surface area contributed by atoms with Crippen LogP contribution in [-0.4, -0.2) is 40.5 Å². The van der Waals surface area contributed by atoms with Gasteiger partial charge in [-0.2, -0.15) is 0 Å². The third-order valence-electron chi connectivity index (χ3n) is 1.88. The molecule has 0 saturated carbocycles. The SMILES string of the molecule is C=C[Si](Cl)(Cl)Cl.CO[Si](C)(CCCO)OC. The van der Waals surface area contributed by atoms with Gasteiger partial charge in [0.05, 0.1) is 0 Å². The Balaban J connectivity index is 0. The summed E-state index contributed by atoms with van der Waals surface area (Å²) in [6.07, 6.45) is 0.768. The Kier molecular flexibility index (Phi) is 11.9. The number of rotatable bonds is 6. The molecule has 3 nitrogen and oxygen atoms in total. The van der Waals surface area contributed by atoms with E-state index in [4.69, 9.17) is 47.2 Å². The van der Waals surface area contributed by atoms with E-state index < -0.39 is 14.6 Å². The Morgan fingerprint density at radius 3 is 1.81 bits per heavy atom. The van der Waals surface area contributed by atoms with E-state index in [1.165, 1.54) is 5.70 Å². The quantitative estimate of drug-likeness (QED) is 0.602. The lowest BCUT2D eigenvalue weighted by molar-refractivity contribution is 0.238. The fraction of sp³-hybridized carbons (Fsp3) is 0.750. The summed E-state index contributed by atoms with van der Waals surface area (Å²) in [7, 11) is 1.44. The molecule has 0 atom stereocenters. The molecule has 0 heterocycles. The molecule has 16 heavy (non-hydrogen) atoms. The van der Waals surface area contributed by atoms with Crippen LogP contribution in [-0.2, 0) is 8.85 Å². The van der Waals surface area contributed by atoms with Crippen LogP contribution in [0.25, 0.3) is 0 Å². The van der Waals surface area contributed by atoms with Crippen LogP contribution >= 0.6 is 33.2 Å². The molecule has 0 amide bonds. The molecule has 0 unspecified atom stereocenters. The Bertz CT molecular complexity index is 184. The van der Waals surface area contributed by atoms with Crippen LogP contribution in [0.15, 0.2) is 12.3 Å². The van der Waals surface area contributed by atoms with Crippen molar-refractivity contribution < 1.29 is 14.0 Å².